The summed E-state index contributed by atoms with van der Waals surface area (Å²) < 4.78 is 125. The van der Waals surface area contributed by atoms with E-state index in [0.29, 0.717) is 43.6 Å². The average molecular weight is 912 g/mol. The van der Waals surface area contributed by atoms with Gasteiger partial charge in [0, 0.05) is 65.3 Å². The fourth-order valence-electron chi connectivity index (χ4n) is 4.73. The minimum absolute atomic E-state index is 0. The molecule has 2 aliphatic heterocycles. The van der Waals surface area contributed by atoms with E-state index in [2.05, 4.69) is 36.2 Å². The minimum atomic E-state index is -6.09. The Hall–Kier alpha value is -2.93. The molecule has 0 aliphatic carbocycles. The number of alkyl halides is 6. The van der Waals surface area contributed by atoms with Crippen LogP contribution in [0.5, 0.6) is 0 Å². The Labute approximate surface area is 328 Å². The summed E-state index contributed by atoms with van der Waals surface area (Å²) in [5.74, 6) is -0.208. The molecule has 0 radical (unpaired) electrons. The molecule has 2 amide bonds. The number of unbranched alkanes of at least 4 members (excludes halogenated alkanes) is 2. The standard InChI is InChI=1S/C24H40N10O5.2CHF3O3S.Zn/c25-21-17-22(31-14-30-21)34(15-32-17)24-19(37)18(36)20(39-24)23(38)29-5-3-1-2-4-16(35)33-12-10-27-8-6-26-7-9-28-11-13-33;2*2-1(3,4)8(5,6)7;/h14-15,18-20,24,26-28,36-37H,1-13H2,(H,29,38)(H2,25,30,31);2*(H,5,6,7);/q;;;+2/p-2/t18-,19+,20-,24+;;;/m0.../s1. The fourth-order valence-corrected chi connectivity index (χ4v) is 4.73. The summed E-state index contributed by atoms with van der Waals surface area (Å²) in [6, 6.07) is 0. The van der Waals surface area contributed by atoms with Crippen LogP contribution in [0.15, 0.2) is 12.7 Å². The molecule has 21 nitrogen and oxygen atoms in total. The number of nitrogen functional groups attached to an aromatic ring is 1. The topological polar surface area (TPSA) is 319 Å². The molecular formula is C26H40F6N10O11S2Zn. The van der Waals surface area contributed by atoms with E-state index >= 15 is 0 Å². The second kappa shape index (κ2) is 22.9. The number of rotatable bonds is 8. The van der Waals surface area contributed by atoms with Crippen LogP contribution in [0.1, 0.15) is 31.9 Å². The molecule has 2 fully saturated rings. The van der Waals surface area contributed by atoms with Gasteiger partial charge in [0.15, 0.2) is 44.0 Å². The number of hydrogen-bond donors (Lipinski definition) is 7. The van der Waals surface area contributed by atoms with Gasteiger partial charge in [-0.15, -0.1) is 0 Å². The number of aliphatic hydroxyl groups excluding tert-OH is 2. The van der Waals surface area contributed by atoms with Crippen molar-refractivity contribution < 1.29 is 96.3 Å². The molecule has 4 atom stereocenters. The predicted molar refractivity (Wildman–Crippen MR) is 174 cm³/mol. The summed E-state index contributed by atoms with van der Waals surface area (Å²) in [7, 11) is -12.2. The summed E-state index contributed by atoms with van der Waals surface area (Å²) in [5.41, 5.74) is -4.82. The quantitative estimate of drug-likeness (QED) is 0.0470. The van der Waals surface area contributed by atoms with E-state index in [1.807, 2.05) is 4.90 Å². The van der Waals surface area contributed by atoms with E-state index in [4.69, 9.17) is 36.4 Å². The van der Waals surface area contributed by atoms with E-state index in [1.165, 1.54) is 17.2 Å². The number of anilines is 1. The molecule has 0 bridgehead atoms. The first-order chi connectivity index (χ1) is 25.5. The van der Waals surface area contributed by atoms with Gasteiger partial charge in [-0.1, -0.05) is 6.42 Å². The molecule has 0 spiro atoms. The largest absolute Gasteiger partial charge is 2.00 e. The van der Waals surface area contributed by atoms with Crippen molar-refractivity contribution in [3.8, 4) is 0 Å². The third-order valence-corrected chi connectivity index (χ3v) is 8.65. The van der Waals surface area contributed by atoms with Crippen molar-refractivity contribution in [3.63, 3.8) is 0 Å². The Balaban J connectivity index is 0.000000773. The predicted octanol–water partition coefficient (Wildman–Crippen LogP) is -2.58. The Morgan fingerprint density at radius 1 is 0.857 bits per heavy atom. The number of hydrogen-bond acceptors (Lipinski definition) is 18. The number of aromatic nitrogens is 4. The molecule has 0 saturated carbocycles. The normalized spacial score (nSPS) is 21.6. The molecule has 4 rings (SSSR count). The number of fused-ring (bicyclic) bond motifs is 1. The molecular weight excluding hydrogens is 872 g/mol. The summed E-state index contributed by atoms with van der Waals surface area (Å²) in [5, 5.41) is 33.8. The number of nitrogens with one attached hydrogen (secondary N) is 4. The second-order valence-corrected chi connectivity index (χ2v) is 14.3. The number of aliphatic hydroxyl groups is 2. The summed E-state index contributed by atoms with van der Waals surface area (Å²) in [6.45, 7) is 6.83. The first-order valence-corrected chi connectivity index (χ1v) is 19.0. The Kier molecular flexibility index (Phi) is 20.9. The van der Waals surface area contributed by atoms with Crippen LogP contribution < -0.4 is 27.0 Å². The Morgan fingerprint density at radius 3 is 1.86 bits per heavy atom. The van der Waals surface area contributed by atoms with Gasteiger partial charge in [0.25, 0.3) is 5.91 Å². The third kappa shape index (κ3) is 16.1. The van der Waals surface area contributed by atoms with Gasteiger partial charge in [0.1, 0.15) is 24.1 Å². The van der Waals surface area contributed by atoms with E-state index in [9.17, 15) is 46.1 Å². The van der Waals surface area contributed by atoms with Gasteiger partial charge in [-0.2, -0.15) is 26.3 Å². The number of ether oxygens (including phenoxy) is 1. The summed E-state index contributed by atoms with van der Waals surface area (Å²) in [6.07, 6.45) is 0.148. The van der Waals surface area contributed by atoms with Crippen LogP contribution in [-0.2, 0) is 54.0 Å². The number of nitrogens with zero attached hydrogens (tertiary/aromatic N) is 5. The molecule has 56 heavy (non-hydrogen) atoms. The molecule has 0 unspecified atom stereocenters. The van der Waals surface area contributed by atoms with Gasteiger partial charge in [-0.05, 0) is 12.8 Å². The average Bonchev–Trinajstić information content (AvgIpc) is 3.62. The molecule has 2 aromatic heterocycles. The van der Waals surface area contributed by atoms with Crippen LogP contribution in [-0.4, -0.2) is 161 Å². The third-order valence-electron chi connectivity index (χ3n) is 7.52. The molecule has 0 aromatic carbocycles. The van der Waals surface area contributed by atoms with Crippen molar-refractivity contribution in [3.05, 3.63) is 12.7 Å². The van der Waals surface area contributed by atoms with Gasteiger partial charge in [0.05, 0.1) is 6.33 Å². The number of imidazole rings is 1. The SMILES string of the molecule is Nc1ncnc2c1ncn2[C@@H]1O[C@H](C(=O)NCCCCCC(=O)N2CCNCCNCCNCC2)[C@@H](O)[C@H]1O.O=S(=O)([O-])C(F)(F)F.O=S(=O)([O-])C(F)(F)F.[Zn+2]. The fraction of sp³-hybridized carbons (Fsp3) is 0.731. The molecule has 2 saturated heterocycles. The maximum absolute atomic E-state index is 12.7. The van der Waals surface area contributed by atoms with Crippen LogP contribution in [0, 0.1) is 0 Å². The summed E-state index contributed by atoms with van der Waals surface area (Å²) >= 11 is 0. The van der Waals surface area contributed by atoms with Crippen molar-refractivity contribution in [2.75, 3.05) is 64.6 Å². The van der Waals surface area contributed by atoms with Crippen LogP contribution in [0.4, 0.5) is 32.2 Å². The zero-order chi connectivity index (χ0) is 41.6. The second-order valence-electron chi connectivity index (χ2n) is 11.5. The first kappa shape index (κ1) is 51.1. The molecule has 316 valence electrons. The molecule has 8 N–H and O–H groups in total. The van der Waals surface area contributed by atoms with Gasteiger partial charge in [0.2, 0.25) is 5.91 Å². The number of nitrogens with two attached hydrogens (primary N) is 1. The molecule has 4 heterocycles. The number of halogens is 6. The van der Waals surface area contributed by atoms with Gasteiger partial charge >= 0.3 is 30.5 Å². The van der Waals surface area contributed by atoms with Crippen molar-refractivity contribution >= 4 is 49.0 Å². The van der Waals surface area contributed by atoms with Crippen molar-refractivity contribution in [1.82, 2.24) is 45.7 Å². The maximum Gasteiger partial charge on any atom is 2.00 e. The zero-order valence-corrected chi connectivity index (χ0v) is 33.9. The van der Waals surface area contributed by atoms with Crippen LogP contribution >= 0.6 is 0 Å². The van der Waals surface area contributed by atoms with Crippen molar-refractivity contribution in [2.24, 2.45) is 0 Å². The van der Waals surface area contributed by atoms with Gasteiger partial charge < -0.3 is 56.0 Å². The van der Waals surface area contributed by atoms with E-state index in [-0.39, 0.29) is 31.2 Å². The van der Waals surface area contributed by atoms with Gasteiger partial charge in [-0.3, -0.25) is 14.2 Å². The van der Waals surface area contributed by atoms with E-state index in [0.717, 1.165) is 52.1 Å². The molecule has 2 aliphatic rings. The van der Waals surface area contributed by atoms with Gasteiger partial charge in [-0.25, -0.2) is 31.8 Å². The number of carbonyl (C=O) groups excluding carboxylic acids is 2. The Bertz CT molecular complexity index is 1710. The van der Waals surface area contributed by atoms with E-state index in [1.54, 1.807) is 0 Å². The number of carbonyl (C=O) groups is 2. The van der Waals surface area contributed by atoms with Crippen LogP contribution in [0.3, 0.4) is 0 Å². The van der Waals surface area contributed by atoms with Crippen molar-refractivity contribution in [1.29, 1.82) is 0 Å². The van der Waals surface area contributed by atoms with Crippen LogP contribution in [0.25, 0.3) is 11.2 Å². The first-order valence-electron chi connectivity index (χ1n) is 16.1. The molecule has 30 heteroatoms. The monoisotopic (exact) mass is 910 g/mol. The number of amides is 2. The minimum Gasteiger partial charge on any atom is -0.741 e. The smallest absolute Gasteiger partial charge is 0.741 e. The van der Waals surface area contributed by atoms with Crippen LogP contribution in [0.2, 0.25) is 0 Å². The van der Waals surface area contributed by atoms with E-state index < -0.39 is 61.7 Å². The summed E-state index contributed by atoms with van der Waals surface area (Å²) in [4.78, 5) is 39.5. The van der Waals surface area contributed by atoms with Crippen molar-refractivity contribution in [2.45, 2.75) is 61.2 Å². The molecule has 2 aromatic rings. The zero-order valence-electron chi connectivity index (χ0n) is 29.3. The maximum atomic E-state index is 12.7. The Morgan fingerprint density at radius 2 is 1.36 bits per heavy atom.